The number of hydrogen-bond acceptors (Lipinski definition) is 5. The third kappa shape index (κ3) is 3.69. The molecule has 0 aliphatic heterocycles. The topological polar surface area (TPSA) is 55.4 Å². The van der Waals surface area contributed by atoms with E-state index in [0.29, 0.717) is 9.90 Å². The molecule has 4 rings (SSSR count). The average Bonchev–Trinajstić information content (AvgIpc) is 3.26. The zero-order valence-corrected chi connectivity index (χ0v) is 16.4. The van der Waals surface area contributed by atoms with E-state index in [2.05, 4.69) is 5.32 Å². The summed E-state index contributed by atoms with van der Waals surface area (Å²) >= 11 is 9.20. The fourth-order valence-corrected chi connectivity index (χ4v) is 5.13. The maximum absolute atomic E-state index is 12.4. The van der Waals surface area contributed by atoms with E-state index in [4.69, 9.17) is 16.3 Å². The van der Waals surface area contributed by atoms with Gasteiger partial charge in [0.1, 0.15) is 18.0 Å². The summed E-state index contributed by atoms with van der Waals surface area (Å²) in [6, 6.07) is 15.5. The average molecular weight is 416 g/mol. The number of amides is 1. The molecule has 2 aromatic heterocycles. The van der Waals surface area contributed by atoms with Crippen LogP contribution in [0, 0.1) is 0 Å². The molecule has 0 aliphatic carbocycles. The molecule has 4 aromatic rings. The predicted octanol–water partition coefficient (Wildman–Crippen LogP) is 5.24. The van der Waals surface area contributed by atoms with E-state index in [9.17, 15) is 9.59 Å². The summed E-state index contributed by atoms with van der Waals surface area (Å²) in [6.45, 7) is -0.0200. The van der Waals surface area contributed by atoms with E-state index in [1.54, 1.807) is 11.3 Å². The smallest absolute Gasteiger partial charge is 0.325 e. The van der Waals surface area contributed by atoms with Gasteiger partial charge in [0, 0.05) is 20.3 Å². The lowest BCUT2D eigenvalue weighted by Crippen LogP contribution is -2.30. The molecule has 0 aliphatic rings. The van der Waals surface area contributed by atoms with Crippen molar-refractivity contribution in [3.63, 3.8) is 0 Å². The van der Waals surface area contributed by atoms with Crippen molar-refractivity contribution in [2.75, 3.05) is 6.54 Å². The molecule has 0 bridgehead atoms. The standard InChI is InChI=1S/C20H14ClNO3S2/c21-18-14-6-2-4-8-16(14)27-19(18)20(24)22-9-17(23)25-10-12-11-26-15-7-3-1-5-13(12)15/h1-8,11H,9-10H2,(H,22,24). The largest absolute Gasteiger partial charge is 0.459 e. The highest BCUT2D eigenvalue weighted by Gasteiger charge is 2.18. The van der Waals surface area contributed by atoms with Crippen LogP contribution in [-0.4, -0.2) is 18.4 Å². The minimum Gasteiger partial charge on any atom is -0.459 e. The number of esters is 1. The second-order valence-corrected chi connectivity index (χ2v) is 8.18. The first-order valence-corrected chi connectivity index (χ1v) is 10.3. The van der Waals surface area contributed by atoms with E-state index in [-0.39, 0.29) is 19.1 Å². The van der Waals surface area contributed by atoms with Gasteiger partial charge in [0.2, 0.25) is 0 Å². The molecule has 136 valence electrons. The third-order valence-electron chi connectivity index (χ3n) is 4.08. The first-order chi connectivity index (χ1) is 13.1. The Balaban J connectivity index is 1.36. The van der Waals surface area contributed by atoms with E-state index in [1.165, 1.54) is 11.3 Å². The number of thiophene rings is 2. The Bertz CT molecular complexity index is 1150. The van der Waals surface area contributed by atoms with Crippen molar-refractivity contribution in [2.24, 2.45) is 0 Å². The minimum absolute atomic E-state index is 0.183. The van der Waals surface area contributed by atoms with E-state index >= 15 is 0 Å². The molecule has 0 radical (unpaired) electrons. The van der Waals surface area contributed by atoms with Gasteiger partial charge in [-0.15, -0.1) is 22.7 Å². The summed E-state index contributed by atoms with van der Waals surface area (Å²) in [5.41, 5.74) is 0.961. The predicted molar refractivity (Wildman–Crippen MR) is 111 cm³/mol. The molecule has 27 heavy (non-hydrogen) atoms. The zero-order valence-electron chi connectivity index (χ0n) is 14.0. The van der Waals surface area contributed by atoms with Gasteiger partial charge in [-0.2, -0.15) is 0 Å². The monoisotopic (exact) mass is 415 g/mol. The molecule has 0 spiro atoms. The molecular weight excluding hydrogens is 402 g/mol. The summed E-state index contributed by atoms with van der Waals surface area (Å²) in [6.07, 6.45) is 0. The van der Waals surface area contributed by atoms with Crippen molar-refractivity contribution in [3.8, 4) is 0 Å². The fraction of sp³-hybridized carbons (Fsp3) is 0.100. The summed E-state index contributed by atoms with van der Waals surface area (Å²) in [5.74, 6) is -0.866. The van der Waals surface area contributed by atoms with Gasteiger partial charge in [-0.05, 0) is 22.9 Å². The third-order valence-corrected chi connectivity index (χ3v) is 6.77. The summed E-state index contributed by atoms with van der Waals surface area (Å²) < 4.78 is 7.37. The van der Waals surface area contributed by atoms with Gasteiger partial charge in [-0.3, -0.25) is 9.59 Å². The van der Waals surface area contributed by atoms with Gasteiger partial charge in [0.15, 0.2) is 0 Å². The van der Waals surface area contributed by atoms with Crippen molar-refractivity contribution in [2.45, 2.75) is 6.61 Å². The van der Waals surface area contributed by atoms with Crippen LogP contribution in [0.4, 0.5) is 0 Å². The van der Waals surface area contributed by atoms with Crippen LogP contribution in [0.3, 0.4) is 0 Å². The summed E-state index contributed by atoms with van der Waals surface area (Å²) in [5, 5.41) is 6.89. The Morgan fingerprint density at radius 3 is 2.48 bits per heavy atom. The van der Waals surface area contributed by atoms with Crippen LogP contribution in [0.25, 0.3) is 20.2 Å². The van der Waals surface area contributed by atoms with Gasteiger partial charge in [-0.1, -0.05) is 48.0 Å². The van der Waals surface area contributed by atoms with Crippen LogP contribution in [0.15, 0.2) is 53.9 Å². The van der Waals surface area contributed by atoms with E-state index in [0.717, 1.165) is 25.7 Å². The molecule has 2 heterocycles. The molecule has 0 atom stereocenters. The van der Waals surface area contributed by atoms with Gasteiger partial charge < -0.3 is 10.1 Å². The first kappa shape index (κ1) is 18.0. The Hall–Kier alpha value is -2.41. The number of hydrogen-bond donors (Lipinski definition) is 1. The minimum atomic E-state index is -0.490. The quantitative estimate of drug-likeness (QED) is 0.453. The maximum Gasteiger partial charge on any atom is 0.325 e. The van der Waals surface area contributed by atoms with Crippen molar-refractivity contribution >= 4 is 66.3 Å². The molecule has 7 heteroatoms. The van der Waals surface area contributed by atoms with Crippen LogP contribution < -0.4 is 5.32 Å². The normalized spacial score (nSPS) is 11.0. The van der Waals surface area contributed by atoms with Crippen LogP contribution in [0.2, 0.25) is 5.02 Å². The Labute approximate surface area is 168 Å². The molecule has 0 saturated heterocycles. The number of nitrogens with one attached hydrogen (secondary N) is 1. The van der Waals surface area contributed by atoms with Crippen molar-refractivity contribution in [3.05, 3.63) is 69.4 Å². The number of benzene rings is 2. The number of ether oxygens (including phenoxy) is 1. The Kier molecular flexibility index (Phi) is 5.11. The van der Waals surface area contributed by atoms with Gasteiger partial charge in [0.25, 0.3) is 5.91 Å². The molecule has 1 N–H and O–H groups in total. The van der Waals surface area contributed by atoms with Gasteiger partial charge in [-0.25, -0.2) is 0 Å². The fourth-order valence-electron chi connectivity index (χ4n) is 2.75. The lowest BCUT2D eigenvalue weighted by molar-refractivity contribution is -0.143. The highest BCUT2D eigenvalue weighted by atomic mass is 35.5. The SMILES string of the molecule is O=C(CNC(=O)c1sc2ccccc2c1Cl)OCc1csc2ccccc12. The van der Waals surface area contributed by atoms with Crippen molar-refractivity contribution in [1.29, 1.82) is 0 Å². The molecule has 1 amide bonds. The van der Waals surface area contributed by atoms with Crippen LogP contribution in [-0.2, 0) is 16.1 Å². The highest BCUT2D eigenvalue weighted by molar-refractivity contribution is 7.21. The van der Waals surface area contributed by atoms with Crippen molar-refractivity contribution < 1.29 is 14.3 Å². The number of rotatable bonds is 5. The molecule has 0 unspecified atom stereocenters. The second kappa shape index (κ2) is 7.68. The molecule has 4 nitrogen and oxygen atoms in total. The Morgan fingerprint density at radius 2 is 1.70 bits per heavy atom. The number of carbonyl (C=O) groups excluding carboxylic acids is 2. The highest BCUT2D eigenvalue weighted by Crippen LogP contribution is 2.35. The van der Waals surface area contributed by atoms with Gasteiger partial charge in [0.05, 0.1) is 5.02 Å². The lowest BCUT2D eigenvalue weighted by atomic mass is 10.2. The van der Waals surface area contributed by atoms with Crippen LogP contribution in [0.5, 0.6) is 0 Å². The first-order valence-electron chi connectivity index (χ1n) is 8.19. The number of carbonyl (C=O) groups is 2. The van der Waals surface area contributed by atoms with Gasteiger partial charge >= 0.3 is 5.97 Å². The molecule has 0 saturated carbocycles. The van der Waals surface area contributed by atoms with E-state index < -0.39 is 5.97 Å². The number of fused-ring (bicyclic) bond motifs is 2. The molecule has 0 fully saturated rings. The molecular formula is C20H14ClNO3S2. The van der Waals surface area contributed by atoms with Crippen molar-refractivity contribution in [1.82, 2.24) is 5.32 Å². The van der Waals surface area contributed by atoms with Crippen LogP contribution >= 0.6 is 34.3 Å². The summed E-state index contributed by atoms with van der Waals surface area (Å²) in [4.78, 5) is 24.8. The maximum atomic E-state index is 12.4. The number of halogens is 1. The summed E-state index contributed by atoms with van der Waals surface area (Å²) in [7, 11) is 0. The van der Waals surface area contributed by atoms with Crippen LogP contribution in [0.1, 0.15) is 15.2 Å². The molecule has 2 aromatic carbocycles. The second-order valence-electron chi connectivity index (χ2n) is 5.84. The van der Waals surface area contributed by atoms with E-state index in [1.807, 2.05) is 53.9 Å². The lowest BCUT2D eigenvalue weighted by Gasteiger charge is -2.06. The Morgan fingerprint density at radius 1 is 1.00 bits per heavy atom. The zero-order chi connectivity index (χ0) is 18.8.